The fourth-order valence-corrected chi connectivity index (χ4v) is 5.15. The van der Waals surface area contributed by atoms with E-state index in [1.165, 1.54) is 17.1 Å². The lowest BCUT2D eigenvalue weighted by molar-refractivity contribution is 0.172. The molecule has 0 aliphatic carbocycles. The summed E-state index contributed by atoms with van der Waals surface area (Å²) in [5.74, 6) is 0.717. The highest BCUT2D eigenvalue weighted by Gasteiger charge is 2.34. The van der Waals surface area contributed by atoms with Gasteiger partial charge in [-0.15, -0.1) is 12.4 Å². The third kappa shape index (κ3) is 6.14. The molecule has 0 radical (unpaired) electrons. The number of rotatable bonds is 7. The van der Waals surface area contributed by atoms with E-state index in [2.05, 4.69) is 10.2 Å². The predicted octanol–water partition coefficient (Wildman–Crippen LogP) is 0.780. The Morgan fingerprint density at radius 2 is 1.96 bits per heavy atom. The topological polar surface area (TPSA) is 61.9 Å². The first kappa shape index (κ1) is 21.1. The molecular weight excluding hydrogens is 338 g/mol. The molecule has 1 atom stereocenters. The minimum Gasteiger partial charge on any atom is -0.383 e. The number of methoxy groups -OCH3 is 1. The molecule has 2 rings (SSSR count). The van der Waals surface area contributed by atoms with Crippen molar-refractivity contribution in [3.05, 3.63) is 0 Å². The van der Waals surface area contributed by atoms with E-state index in [0.717, 1.165) is 39.0 Å². The summed E-state index contributed by atoms with van der Waals surface area (Å²) in [5.41, 5.74) is 0. The Balaban J connectivity index is 0.00000264. The summed E-state index contributed by atoms with van der Waals surface area (Å²) >= 11 is 0. The first-order chi connectivity index (χ1) is 10.5. The molecule has 1 N–H and O–H groups in total. The third-order valence-electron chi connectivity index (χ3n) is 4.90. The molecular formula is C15H32ClN3O3S. The highest BCUT2D eigenvalue weighted by Crippen LogP contribution is 2.22. The van der Waals surface area contributed by atoms with E-state index in [9.17, 15) is 8.42 Å². The van der Waals surface area contributed by atoms with E-state index in [1.807, 2.05) is 0 Å². The van der Waals surface area contributed by atoms with Gasteiger partial charge in [-0.2, -0.15) is 0 Å². The number of ether oxygens (including phenoxy) is 1. The van der Waals surface area contributed by atoms with Crippen molar-refractivity contribution in [1.82, 2.24) is 14.5 Å². The summed E-state index contributed by atoms with van der Waals surface area (Å²) in [6, 6.07) is 0. The molecule has 2 saturated heterocycles. The van der Waals surface area contributed by atoms with Gasteiger partial charge in [0.15, 0.2) is 0 Å². The maximum Gasteiger partial charge on any atom is 0.218 e. The fourth-order valence-electron chi connectivity index (χ4n) is 3.45. The van der Waals surface area contributed by atoms with Gasteiger partial charge in [-0.05, 0) is 51.2 Å². The number of likely N-dealkylation sites (tertiary alicyclic amines) is 1. The average molecular weight is 370 g/mol. The first-order valence-electron chi connectivity index (χ1n) is 8.41. The van der Waals surface area contributed by atoms with Crippen molar-refractivity contribution in [2.24, 2.45) is 5.92 Å². The van der Waals surface area contributed by atoms with Crippen LogP contribution >= 0.6 is 12.4 Å². The van der Waals surface area contributed by atoms with Gasteiger partial charge in [0.2, 0.25) is 10.0 Å². The number of hydrogen-bond donors (Lipinski definition) is 1. The summed E-state index contributed by atoms with van der Waals surface area (Å²) in [6.45, 7) is 5.85. The van der Waals surface area contributed by atoms with Crippen molar-refractivity contribution < 1.29 is 13.2 Å². The average Bonchev–Trinajstić information content (AvgIpc) is 2.53. The van der Waals surface area contributed by atoms with Crippen LogP contribution in [0.15, 0.2) is 0 Å². The van der Waals surface area contributed by atoms with Gasteiger partial charge in [-0.1, -0.05) is 0 Å². The molecule has 2 aliphatic heterocycles. The molecule has 1 unspecified atom stereocenters. The second-order valence-electron chi connectivity index (χ2n) is 6.58. The van der Waals surface area contributed by atoms with E-state index >= 15 is 0 Å². The van der Waals surface area contributed by atoms with Gasteiger partial charge >= 0.3 is 0 Å². The van der Waals surface area contributed by atoms with Crippen molar-refractivity contribution in [1.29, 1.82) is 0 Å². The summed E-state index contributed by atoms with van der Waals surface area (Å²) in [6.07, 6.45) is 4.18. The molecule has 2 aliphatic rings. The van der Waals surface area contributed by atoms with Gasteiger partial charge in [0, 0.05) is 33.8 Å². The van der Waals surface area contributed by atoms with E-state index in [1.54, 1.807) is 14.2 Å². The molecule has 23 heavy (non-hydrogen) atoms. The summed E-state index contributed by atoms with van der Waals surface area (Å²) in [5, 5.41) is 3.13. The second-order valence-corrected chi connectivity index (χ2v) is 8.90. The number of nitrogens with zero attached hydrogens (tertiary/aromatic N) is 2. The molecule has 8 heteroatoms. The number of halogens is 1. The molecule has 0 spiro atoms. The lowest BCUT2D eigenvalue weighted by Crippen LogP contribution is -2.49. The Morgan fingerprint density at radius 1 is 1.26 bits per heavy atom. The summed E-state index contributed by atoms with van der Waals surface area (Å²) in [4.78, 5) is 2.37. The van der Waals surface area contributed by atoms with E-state index < -0.39 is 10.0 Å². The van der Waals surface area contributed by atoms with Crippen LogP contribution in [0.2, 0.25) is 0 Å². The second kappa shape index (κ2) is 10.2. The van der Waals surface area contributed by atoms with Crippen LogP contribution in [0.3, 0.4) is 0 Å². The van der Waals surface area contributed by atoms with E-state index in [0.29, 0.717) is 25.6 Å². The quantitative estimate of drug-likeness (QED) is 0.718. The standard InChI is InChI=1S/C15H31N3O3S.ClH/c1-17(10-11-21-2)22(19,20)15-4-3-9-18(13-15)12-14-5-7-16-8-6-14;/h14-16H,3-13H2,1-2H3;1H. The monoisotopic (exact) mass is 369 g/mol. The molecule has 2 fully saturated rings. The normalized spacial score (nSPS) is 24.6. The summed E-state index contributed by atoms with van der Waals surface area (Å²) in [7, 11) is 0.0571. The van der Waals surface area contributed by atoms with Crippen molar-refractivity contribution in [2.45, 2.75) is 30.9 Å². The third-order valence-corrected chi connectivity index (χ3v) is 7.18. The maximum absolute atomic E-state index is 12.7. The predicted molar refractivity (Wildman–Crippen MR) is 95.7 cm³/mol. The van der Waals surface area contributed by atoms with Crippen LogP contribution in [0.5, 0.6) is 0 Å². The van der Waals surface area contributed by atoms with Gasteiger partial charge in [0.05, 0.1) is 11.9 Å². The van der Waals surface area contributed by atoms with Gasteiger partial charge in [0.25, 0.3) is 0 Å². The highest BCUT2D eigenvalue weighted by molar-refractivity contribution is 7.89. The number of nitrogens with one attached hydrogen (secondary N) is 1. The fraction of sp³-hybridized carbons (Fsp3) is 1.00. The van der Waals surface area contributed by atoms with Crippen molar-refractivity contribution in [3.8, 4) is 0 Å². The van der Waals surface area contributed by atoms with E-state index in [-0.39, 0.29) is 17.7 Å². The Bertz CT molecular complexity index is 430. The largest absolute Gasteiger partial charge is 0.383 e. The van der Waals surface area contributed by atoms with E-state index in [4.69, 9.17) is 4.74 Å². The van der Waals surface area contributed by atoms with Crippen LogP contribution < -0.4 is 5.32 Å². The molecule has 6 nitrogen and oxygen atoms in total. The lowest BCUT2D eigenvalue weighted by atomic mass is 9.96. The molecule has 0 amide bonds. The number of sulfonamides is 1. The Labute approximate surface area is 147 Å². The summed E-state index contributed by atoms with van der Waals surface area (Å²) < 4.78 is 31.8. The van der Waals surface area contributed by atoms with Crippen LogP contribution in [-0.2, 0) is 14.8 Å². The van der Waals surface area contributed by atoms with Crippen LogP contribution in [0.25, 0.3) is 0 Å². The molecule has 0 saturated carbocycles. The number of piperidine rings is 2. The lowest BCUT2D eigenvalue weighted by Gasteiger charge is -2.37. The number of likely N-dealkylation sites (N-methyl/N-ethyl adjacent to an activating group) is 1. The minimum absolute atomic E-state index is 0. The minimum atomic E-state index is -3.21. The van der Waals surface area contributed by atoms with Gasteiger partial charge in [-0.3, -0.25) is 0 Å². The van der Waals surface area contributed by atoms with Gasteiger partial charge in [0.1, 0.15) is 0 Å². The highest BCUT2D eigenvalue weighted by atomic mass is 35.5. The van der Waals surface area contributed by atoms with Gasteiger partial charge in [-0.25, -0.2) is 12.7 Å². The van der Waals surface area contributed by atoms with Crippen LogP contribution in [0.1, 0.15) is 25.7 Å². The van der Waals surface area contributed by atoms with Crippen LogP contribution in [0.4, 0.5) is 0 Å². The van der Waals surface area contributed by atoms with Crippen molar-refractivity contribution in [2.75, 3.05) is 60.0 Å². The van der Waals surface area contributed by atoms with Crippen LogP contribution in [0, 0.1) is 5.92 Å². The molecule has 0 aromatic rings. The smallest absolute Gasteiger partial charge is 0.218 e. The molecule has 0 aromatic carbocycles. The Kier molecular flexibility index (Phi) is 9.33. The van der Waals surface area contributed by atoms with Crippen molar-refractivity contribution in [3.63, 3.8) is 0 Å². The zero-order chi connectivity index (χ0) is 16.0. The zero-order valence-corrected chi connectivity index (χ0v) is 16.0. The molecule has 138 valence electrons. The molecule has 0 bridgehead atoms. The maximum atomic E-state index is 12.7. The Hall–Kier alpha value is 0.0800. The molecule has 0 aromatic heterocycles. The van der Waals surface area contributed by atoms with Crippen LogP contribution in [-0.4, -0.2) is 82.9 Å². The number of hydrogen-bond acceptors (Lipinski definition) is 5. The zero-order valence-electron chi connectivity index (χ0n) is 14.4. The van der Waals surface area contributed by atoms with Gasteiger partial charge < -0.3 is 15.0 Å². The van der Waals surface area contributed by atoms with Crippen molar-refractivity contribution >= 4 is 22.4 Å². The SMILES string of the molecule is COCCN(C)S(=O)(=O)C1CCCN(CC2CCNCC2)C1.Cl. The Morgan fingerprint density at radius 3 is 2.61 bits per heavy atom. The molecule has 2 heterocycles. The first-order valence-corrected chi connectivity index (χ1v) is 9.91.